The van der Waals surface area contributed by atoms with Gasteiger partial charge in [0.05, 0.1) is 0 Å². The van der Waals surface area contributed by atoms with Crippen molar-refractivity contribution < 1.29 is 0 Å². The van der Waals surface area contributed by atoms with Crippen LogP contribution < -0.4 is 5.32 Å². The second-order valence-electron chi connectivity index (χ2n) is 3.68. The van der Waals surface area contributed by atoms with E-state index in [-0.39, 0.29) is 0 Å². The molecule has 2 aromatic rings. The number of rotatable bonds is 4. The number of hydrogen-bond donors (Lipinski definition) is 1. The fourth-order valence-electron chi connectivity index (χ4n) is 1.64. The summed E-state index contributed by atoms with van der Waals surface area (Å²) in [6.07, 6.45) is 3.42. The van der Waals surface area contributed by atoms with Crippen LogP contribution in [0.1, 0.15) is 18.3 Å². The first-order valence-corrected chi connectivity index (χ1v) is 5.58. The molecule has 1 heterocycles. The van der Waals surface area contributed by atoms with Crippen LogP contribution in [-0.4, -0.2) is 16.1 Å². The first-order valence-electron chi connectivity index (χ1n) is 5.58. The molecule has 4 nitrogen and oxygen atoms in total. The third-order valence-corrected chi connectivity index (χ3v) is 2.53. The average Bonchev–Trinajstić information content (AvgIpc) is 2.85. The first kappa shape index (κ1) is 11.4. The fourth-order valence-corrected chi connectivity index (χ4v) is 1.64. The summed E-state index contributed by atoms with van der Waals surface area (Å²) in [6, 6.07) is 10.2. The summed E-state index contributed by atoms with van der Waals surface area (Å²) < 4.78 is 1.77. The Hall–Kier alpha value is -2.12. The second kappa shape index (κ2) is 5.28. The van der Waals surface area contributed by atoms with E-state index in [1.54, 1.807) is 17.0 Å². The molecule has 0 atom stereocenters. The van der Waals surface area contributed by atoms with Crippen molar-refractivity contribution >= 4 is 0 Å². The molecule has 86 valence electrons. The van der Waals surface area contributed by atoms with Gasteiger partial charge in [0.2, 0.25) is 5.82 Å². The van der Waals surface area contributed by atoms with Crippen LogP contribution in [0.2, 0.25) is 0 Å². The number of hydrogen-bond acceptors (Lipinski definition) is 3. The summed E-state index contributed by atoms with van der Waals surface area (Å²) in [6.45, 7) is 3.91. The van der Waals surface area contributed by atoms with Gasteiger partial charge in [-0.15, -0.1) is 0 Å². The van der Waals surface area contributed by atoms with Crippen molar-refractivity contribution in [3.8, 4) is 11.8 Å². The molecular formula is C13H14N4. The van der Waals surface area contributed by atoms with Gasteiger partial charge in [-0.1, -0.05) is 19.1 Å². The average molecular weight is 226 g/mol. The number of nitrogens with zero attached hydrogens (tertiary/aromatic N) is 3. The smallest absolute Gasteiger partial charge is 0.217 e. The normalized spacial score (nSPS) is 10.1. The minimum atomic E-state index is 0.407. The van der Waals surface area contributed by atoms with Gasteiger partial charge in [-0.3, -0.25) is 4.57 Å². The molecule has 0 saturated heterocycles. The molecule has 0 spiro atoms. The van der Waals surface area contributed by atoms with Crippen LogP contribution in [0.3, 0.4) is 0 Å². The van der Waals surface area contributed by atoms with Crippen molar-refractivity contribution in [1.82, 2.24) is 14.9 Å². The summed E-state index contributed by atoms with van der Waals surface area (Å²) in [4.78, 5) is 3.97. The highest BCUT2D eigenvalue weighted by atomic mass is 15.1. The Morgan fingerprint density at radius 1 is 1.35 bits per heavy atom. The number of aromatic nitrogens is 2. The van der Waals surface area contributed by atoms with Crippen molar-refractivity contribution in [2.24, 2.45) is 0 Å². The third-order valence-electron chi connectivity index (χ3n) is 2.53. The van der Waals surface area contributed by atoms with Crippen LogP contribution in [0, 0.1) is 11.3 Å². The summed E-state index contributed by atoms with van der Waals surface area (Å²) in [5, 5.41) is 12.2. The molecule has 1 aromatic carbocycles. The van der Waals surface area contributed by atoms with Crippen molar-refractivity contribution in [2.45, 2.75) is 13.5 Å². The van der Waals surface area contributed by atoms with Gasteiger partial charge in [-0.2, -0.15) is 5.26 Å². The minimum absolute atomic E-state index is 0.407. The maximum absolute atomic E-state index is 8.90. The van der Waals surface area contributed by atoms with Crippen LogP contribution in [0.5, 0.6) is 0 Å². The molecule has 0 aliphatic carbocycles. The molecule has 1 N–H and O–H groups in total. The van der Waals surface area contributed by atoms with Gasteiger partial charge < -0.3 is 5.32 Å². The Bertz CT molecular complexity index is 519. The maximum Gasteiger partial charge on any atom is 0.217 e. The summed E-state index contributed by atoms with van der Waals surface area (Å²) >= 11 is 0. The third kappa shape index (κ3) is 2.52. The van der Waals surface area contributed by atoms with E-state index in [1.165, 1.54) is 5.56 Å². The molecule has 0 bridgehead atoms. The monoisotopic (exact) mass is 226 g/mol. The van der Waals surface area contributed by atoms with E-state index in [1.807, 2.05) is 12.1 Å². The van der Waals surface area contributed by atoms with Gasteiger partial charge in [0.25, 0.3) is 0 Å². The van der Waals surface area contributed by atoms with E-state index in [0.717, 1.165) is 18.8 Å². The SMILES string of the molecule is CCNCc1ccc(-n2ccnc2C#N)cc1. The Labute approximate surface area is 101 Å². The number of nitriles is 1. The van der Waals surface area contributed by atoms with Crippen LogP contribution in [0.25, 0.3) is 5.69 Å². The van der Waals surface area contributed by atoms with Crippen molar-refractivity contribution in [2.75, 3.05) is 6.54 Å². The highest BCUT2D eigenvalue weighted by Crippen LogP contribution is 2.11. The van der Waals surface area contributed by atoms with Crippen LogP contribution in [0.15, 0.2) is 36.7 Å². The van der Waals surface area contributed by atoms with Crippen LogP contribution in [-0.2, 0) is 6.54 Å². The largest absolute Gasteiger partial charge is 0.313 e. The van der Waals surface area contributed by atoms with Crippen LogP contribution in [0.4, 0.5) is 0 Å². The molecule has 4 heteroatoms. The van der Waals surface area contributed by atoms with E-state index in [2.05, 4.69) is 35.4 Å². The van der Waals surface area contributed by atoms with E-state index < -0.39 is 0 Å². The van der Waals surface area contributed by atoms with Crippen LogP contribution >= 0.6 is 0 Å². The molecule has 2 rings (SSSR count). The van der Waals surface area contributed by atoms with E-state index >= 15 is 0 Å². The standard InChI is InChI=1S/C13H14N4/c1-2-15-10-11-3-5-12(6-4-11)17-8-7-16-13(17)9-14/h3-8,15H,2,10H2,1H3. The predicted octanol–water partition coefficient (Wildman–Crippen LogP) is 1.85. The van der Waals surface area contributed by atoms with Crippen molar-refractivity contribution in [1.29, 1.82) is 5.26 Å². The van der Waals surface area contributed by atoms with Gasteiger partial charge in [0.1, 0.15) is 6.07 Å². The molecule has 0 unspecified atom stereocenters. The van der Waals surface area contributed by atoms with Gasteiger partial charge in [0, 0.05) is 24.6 Å². The number of benzene rings is 1. The lowest BCUT2D eigenvalue weighted by atomic mass is 10.2. The molecule has 0 aliphatic rings. The summed E-state index contributed by atoms with van der Waals surface area (Å²) in [7, 11) is 0. The quantitative estimate of drug-likeness (QED) is 0.865. The minimum Gasteiger partial charge on any atom is -0.313 e. The Morgan fingerprint density at radius 2 is 2.12 bits per heavy atom. The molecule has 0 aliphatic heterocycles. The van der Waals surface area contributed by atoms with Gasteiger partial charge in [-0.25, -0.2) is 4.98 Å². The lowest BCUT2D eigenvalue weighted by molar-refractivity contribution is 0.726. The molecule has 0 amide bonds. The molecule has 1 aromatic heterocycles. The first-order chi connectivity index (χ1) is 8.35. The number of imidazole rings is 1. The summed E-state index contributed by atoms with van der Waals surface area (Å²) in [5.41, 5.74) is 2.19. The lowest BCUT2D eigenvalue weighted by Gasteiger charge is -2.06. The van der Waals surface area contributed by atoms with E-state index in [4.69, 9.17) is 5.26 Å². The Morgan fingerprint density at radius 3 is 2.76 bits per heavy atom. The van der Waals surface area contributed by atoms with E-state index in [0.29, 0.717) is 5.82 Å². The fraction of sp³-hybridized carbons (Fsp3) is 0.231. The maximum atomic E-state index is 8.90. The highest BCUT2D eigenvalue weighted by molar-refractivity contribution is 5.37. The molecule has 17 heavy (non-hydrogen) atoms. The predicted molar refractivity (Wildman–Crippen MR) is 65.7 cm³/mol. The zero-order valence-corrected chi connectivity index (χ0v) is 9.72. The summed E-state index contributed by atoms with van der Waals surface area (Å²) in [5.74, 6) is 0.407. The van der Waals surface area contributed by atoms with Gasteiger partial charge >= 0.3 is 0 Å². The van der Waals surface area contributed by atoms with E-state index in [9.17, 15) is 0 Å². The van der Waals surface area contributed by atoms with Crippen molar-refractivity contribution in [3.05, 3.63) is 48.0 Å². The zero-order chi connectivity index (χ0) is 12.1. The topological polar surface area (TPSA) is 53.6 Å². The Kier molecular flexibility index (Phi) is 3.53. The van der Waals surface area contributed by atoms with Gasteiger partial charge in [-0.05, 0) is 24.2 Å². The zero-order valence-electron chi connectivity index (χ0n) is 9.72. The lowest BCUT2D eigenvalue weighted by Crippen LogP contribution is -2.11. The second-order valence-corrected chi connectivity index (χ2v) is 3.68. The van der Waals surface area contributed by atoms with Crippen molar-refractivity contribution in [3.63, 3.8) is 0 Å². The Balaban J connectivity index is 2.21. The number of nitrogens with one attached hydrogen (secondary N) is 1. The highest BCUT2D eigenvalue weighted by Gasteiger charge is 2.03. The molecule has 0 fully saturated rings. The molecule has 0 saturated carbocycles. The van der Waals surface area contributed by atoms with Gasteiger partial charge in [0.15, 0.2) is 0 Å². The molecule has 0 radical (unpaired) electrons. The molecular weight excluding hydrogens is 212 g/mol.